The lowest BCUT2D eigenvalue weighted by Crippen LogP contribution is -2.44. The molecule has 6 atom stereocenters. The van der Waals surface area contributed by atoms with Crippen molar-refractivity contribution in [1.29, 1.82) is 0 Å². The number of aromatic nitrogens is 4. The van der Waals surface area contributed by atoms with Crippen LogP contribution in [0.3, 0.4) is 0 Å². The smallest absolute Gasteiger partial charge is 0.343 e. The molecule has 0 saturated carbocycles. The van der Waals surface area contributed by atoms with Gasteiger partial charge in [0.25, 0.3) is 11.1 Å². The van der Waals surface area contributed by atoms with Gasteiger partial charge >= 0.3 is 17.9 Å². The Morgan fingerprint density at radius 3 is 1.41 bits per heavy atom. The Morgan fingerprint density at radius 1 is 0.630 bits per heavy atom. The molecule has 0 saturated heterocycles. The quantitative estimate of drug-likeness (QED) is 0.0154. The number of esters is 3. The summed E-state index contributed by atoms with van der Waals surface area (Å²) >= 11 is 0. The number of ketones is 2. The summed E-state index contributed by atoms with van der Waals surface area (Å²) < 4.78 is 68.4. The fourth-order valence-electron chi connectivity index (χ4n) is 12.7. The lowest BCUT2D eigenvalue weighted by molar-refractivity contribution is -0.172. The minimum absolute atomic E-state index is 0.0392. The number of halogens is 3. The fraction of sp³-hybridized carbons (Fsp3) is 0.533. The molecule has 0 radical (unpaired) electrons. The number of hydrogen-bond acceptors (Lipinski definition) is 18. The number of carbonyl (C=O) groups is 7. The summed E-state index contributed by atoms with van der Waals surface area (Å²) in [6, 6.07) is 9.69. The Balaban J connectivity index is 0.000000229. The van der Waals surface area contributed by atoms with E-state index in [0.717, 1.165) is 39.4 Å². The van der Waals surface area contributed by atoms with Gasteiger partial charge in [-0.25, -0.2) is 28.3 Å². The van der Waals surface area contributed by atoms with E-state index in [0.29, 0.717) is 90.2 Å². The highest BCUT2D eigenvalue weighted by Crippen LogP contribution is 2.43. The fourth-order valence-corrected chi connectivity index (χ4v) is 12.7. The SMILES string of the molecule is CC(=O)OCNC(=O)[C@H](C)CC(=O)[C@@H](C)C(C)C.CC[C@@]1(O)C(=O)OCc2c1cc1n(c2=O)Cc2c-1nc1cc(F)c(C)cc1c2CCCCO.CC[C@@]1(O)C(=O)OCc2c1cc1n(c2=O)Cc2c-1nc1cc(F)c(C)cc1c2CCCCOCNC(=O)[C@H](C)CC(=O)[C@@H](C)C(C)C.[2H]CF. The molecular formula is C75H95F3N6O16. The molecule has 0 spiro atoms. The predicted molar refractivity (Wildman–Crippen MR) is 368 cm³/mol. The first-order chi connectivity index (χ1) is 47.7. The van der Waals surface area contributed by atoms with Crippen LogP contribution in [0, 0.1) is 61.0 Å². The average Bonchev–Trinajstić information content (AvgIpc) is 1.61. The molecule has 0 fully saturated rings. The lowest BCUT2D eigenvalue weighted by atomic mass is 9.86. The first kappa shape index (κ1) is 77.2. The Kier molecular flexibility index (Phi) is 26.1. The summed E-state index contributed by atoms with van der Waals surface area (Å²) in [4.78, 5) is 120. The Morgan fingerprint density at radius 2 is 1.03 bits per heavy atom. The van der Waals surface area contributed by atoms with E-state index in [1.165, 1.54) is 19.1 Å². The summed E-state index contributed by atoms with van der Waals surface area (Å²) in [5.74, 6) is -3.58. The monoisotopic (exact) mass is 1390 g/mol. The van der Waals surface area contributed by atoms with Crippen LogP contribution in [0.4, 0.5) is 13.2 Å². The van der Waals surface area contributed by atoms with Gasteiger partial charge in [0.05, 0.1) is 66.5 Å². The van der Waals surface area contributed by atoms with E-state index >= 15 is 0 Å². The number of rotatable bonds is 25. The van der Waals surface area contributed by atoms with Gasteiger partial charge in [0.15, 0.2) is 17.9 Å². The Bertz CT molecular complexity index is 4270. The van der Waals surface area contributed by atoms with Gasteiger partial charge in [-0.1, -0.05) is 69.2 Å². The van der Waals surface area contributed by atoms with E-state index in [1.54, 1.807) is 74.9 Å². The third-order valence-electron chi connectivity index (χ3n) is 19.8. The van der Waals surface area contributed by atoms with Crippen LogP contribution in [0.5, 0.6) is 0 Å². The molecule has 0 bridgehead atoms. The summed E-state index contributed by atoms with van der Waals surface area (Å²) in [5.41, 5.74) is 4.15. The zero-order valence-corrected chi connectivity index (χ0v) is 59.4. The molecule has 0 aliphatic carbocycles. The van der Waals surface area contributed by atoms with Crippen molar-refractivity contribution in [1.82, 2.24) is 29.7 Å². The van der Waals surface area contributed by atoms with Crippen molar-refractivity contribution in [3.63, 3.8) is 0 Å². The maximum atomic E-state index is 14.7. The van der Waals surface area contributed by atoms with Gasteiger partial charge in [0, 0.05) is 102 Å². The number of benzene rings is 2. The van der Waals surface area contributed by atoms with Gasteiger partial charge in [-0.15, -0.1) is 0 Å². The number of aliphatic hydroxyl groups excluding tert-OH is 1. The van der Waals surface area contributed by atoms with Gasteiger partial charge in [0.1, 0.15) is 43.1 Å². The van der Waals surface area contributed by atoms with Crippen LogP contribution in [0.2, 0.25) is 0 Å². The summed E-state index contributed by atoms with van der Waals surface area (Å²) in [6.45, 7) is 23.6. The standard InChI is InChI=1S/C36H44FN3O7.C25H25FN2O5.C13H23NO4.CH3F/c1-7-36(45)27-14-30-32-25(16-40(30)34(43)26(27)17-47-35(36)44)23(24-12-20(4)28(37)15-29(24)39-32)10-8-9-11-46-18-38-33(42)21(5)13-31(41)22(6)19(2)3;1-3-25(32)18-9-21-22-16(11-28(21)23(30)17(18)12-33-24(25)31)14(6-4-5-7-29)15-8-13(2)19(26)10-20(15)27-22;1-8(2)10(4)12(16)6-9(3)13(17)14-7-18-11(5)15;1-2/h12,14-15,19,21-22,45H,7-11,13,16-18H2,1-6H3,(H,38,42);8-10,29,32H,3-7,11-12H2,1-2H3;8-10H,6-7H2,1-5H3,(H,14,17);1H3/t21-,22+,36+;25-;9-,10+;/m101./s1/i;;;1D. The normalized spacial score (nSPS) is 17.4. The second-order valence-electron chi connectivity index (χ2n) is 27.0. The largest absolute Gasteiger partial charge is 0.458 e. The number of nitrogens with zero attached hydrogens (tertiary/aromatic N) is 4. The van der Waals surface area contributed by atoms with Crippen molar-refractivity contribution >= 4 is 63.1 Å². The van der Waals surface area contributed by atoms with Gasteiger partial charge < -0.3 is 54.0 Å². The van der Waals surface area contributed by atoms with Crippen LogP contribution in [0.1, 0.15) is 185 Å². The zero-order chi connectivity index (χ0) is 74.7. The zero-order valence-electron chi connectivity index (χ0n) is 60.4. The van der Waals surface area contributed by atoms with E-state index in [9.17, 15) is 71.6 Å². The van der Waals surface area contributed by atoms with E-state index in [-0.39, 0.29) is 158 Å². The highest BCUT2D eigenvalue weighted by Gasteiger charge is 2.47. The molecule has 10 rings (SSSR count). The summed E-state index contributed by atoms with van der Waals surface area (Å²) in [6.07, 6.45) is 4.53. The van der Waals surface area contributed by atoms with Crippen molar-refractivity contribution in [3.8, 4) is 22.8 Å². The van der Waals surface area contributed by atoms with Crippen molar-refractivity contribution in [2.45, 2.75) is 192 Å². The molecule has 5 N–H and O–H groups in total. The molecule has 4 aliphatic heterocycles. The molecule has 4 aromatic heterocycles. The molecule has 4 aliphatic rings. The second-order valence-corrected chi connectivity index (χ2v) is 27.0. The maximum absolute atomic E-state index is 14.7. The number of aryl methyl sites for hydroxylation is 4. The van der Waals surface area contributed by atoms with Crippen molar-refractivity contribution in [2.75, 3.05) is 33.8 Å². The van der Waals surface area contributed by atoms with Gasteiger partial charge in [-0.2, -0.15) is 0 Å². The third kappa shape index (κ3) is 16.8. The molecule has 0 unspecified atom stereocenters. The molecule has 542 valence electrons. The van der Waals surface area contributed by atoms with Crippen LogP contribution in [0.25, 0.3) is 44.6 Å². The molecular weight excluding hydrogens is 1300 g/mol. The molecule has 2 aromatic carbocycles. The van der Waals surface area contributed by atoms with Crippen LogP contribution < -0.4 is 21.8 Å². The third-order valence-corrected chi connectivity index (χ3v) is 19.8. The van der Waals surface area contributed by atoms with E-state index in [2.05, 4.69) is 15.4 Å². The molecule has 8 heterocycles. The van der Waals surface area contributed by atoms with Gasteiger partial charge in [-0.05, 0) is 124 Å². The first-order valence-corrected chi connectivity index (χ1v) is 34.1. The molecule has 25 heteroatoms. The van der Waals surface area contributed by atoms with Crippen LogP contribution in [-0.2, 0) is 103 Å². The molecule has 6 aromatic rings. The number of hydrogen-bond donors (Lipinski definition) is 5. The van der Waals surface area contributed by atoms with Gasteiger partial charge in [-0.3, -0.25) is 38.0 Å². The average molecular weight is 1390 g/mol. The highest BCUT2D eigenvalue weighted by molar-refractivity contribution is 5.92. The lowest BCUT2D eigenvalue weighted by Gasteiger charge is -2.31. The second kappa shape index (κ2) is 33.8. The highest BCUT2D eigenvalue weighted by atomic mass is 19.1. The van der Waals surface area contributed by atoms with Crippen molar-refractivity contribution < 1.29 is 82.4 Å². The molecule has 22 nitrogen and oxygen atoms in total. The van der Waals surface area contributed by atoms with Gasteiger partial charge in [0.2, 0.25) is 11.8 Å². The predicted octanol–water partition coefficient (Wildman–Crippen LogP) is 9.77. The number of unbranched alkanes of at least 4 members (excludes halogenated alkanes) is 2. The van der Waals surface area contributed by atoms with Crippen molar-refractivity contribution in [2.24, 2.45) is 35.5 Å². The van der Waals surface area contributed by atoms with Crippen LogP contribution >= 0.6 is 0 Å². The number of amides is 2. The first-order valence-electron chi connectivity index (χ1n) is 34.8. The van der Waals surface area contributed by atoms with Crippen LogP contribution in [-0.4, -0.2) is 110 Å². The number of Topliss-reactive ketones (excluding diaryl/α,β-unsaturated/α-hetero) is 2. The summed E-state index contributed by atoms with van der Waals surface area (Å²) in [5, 5.41) is 38.3. The van der Waals surface area contributed by atoms with E-state index in [1.807, 2.05) is 41.5 Å². The van der Waals surface area contributed by atoms with Crippen LogP contribution in [0.15, 0.2) is 46.0 Å². The minimum atomic E-state index is -1.94. The molecule has 100 heavy (non-hydrogen) atoms. The number of nitrogens with one attached hydrogen (secondary N) is 2. The Hall–Kier alpha value is -8.52. The number of fused-ring (bicyclic) bond motifs is 10. The number of ether oxygens (including phenoxy) is 4. The number of aliphatic hydroxyl groups is 3. The van der Waals surface area contributed by atoms with E-state index < -0.39 is 48.1 Å². The summed E-state index contributed by atoms with van der Waals surface area (Å²) in [7, 11) is -1.00. The number of carbonyl (C=O) groups excluding carboxylic acids is 7. The number of cyclic esters (lactones) is 2. The molecule has 2 amide bonds. The van der Waals surface area contributed by atoms with E-state index in [4.69, 9.17) is 25.5 Å². The van der Waals surface area contributed by atoms with Crippen molar-refractivity contribution in [3.05, 3.63) is 124 Å². The topological polar surface area (TPSA) is 311 Å². The number of alkyl halides is 1. The maximum Gasteiger partial charge on any atom is 0.343 e. The Labute approximate surface area is 581 Å². The minimum Gasteiger partial charge on any atom is -0.458 e. The number of pyridine rings is 4.